The summed E-state index contributed by atoms with van der Waals surface area (Å²) in [6.07, 6.45) is 15.7. The molecule has 0 unspecified atom stereocenters. The molecule has 6 heteroatoms. The summed E-state index contributed by atoms with van der Waals surface area (Å²) in [4.78, 5) is 22.1. The molecule has 25 heavy (non-hydrogen) atoms. The lowest BCUT2D eigenvalue weighted by atomic mass is 10.1. The maximum atomic E-state index is 11.1. The van der Waals surface area contributed by atoms with E-state index >= 15 is 0 Å². The predicted octanol–water partition coefficient (Wildman–Crippen LogP) is 4.74. The van der Waals surface area contributed by atoms with Crippen LogP contribution in [0.4, 0.5) is 0 Å². The molecular formula is C19H30O4S2. The lowest BCUT2D eigenvalue weighted by molar-refractivity contribution is -0.135. The molecule has 0 aromatic heterocycles. The number of unbranched alkanes of at least 4 members (excludes halogenated alkanes) is 3. The van der Waals surface area contributed by atoms with Crippen LogP contribution in [0.15, 0.2) is 24.3 Å². The number of thioether (sulfide) groups is 2. The van der Waals surface area contributed by atoms with E-state index in [-0.39, 0.29) is 11.9 Å². The molecule has 0 amide bonds. The fraction of sp³-hybridized carbons (Fsp3) is 0.684. The first kappa shape index (κ1) is 22.2. The topological polar surface area (TPSA) is 52.6 Å². The van der Waals surface area contributed by atoms with Gasteiger partial charge >= 0.3 is 11.9 Å². The van der Waals surface area contributed by atoms with Crippen molar-refractivity contribution < 1.29 is 19.1 Å². The van der Waals surface area contributed by atoms with Gasteiger partial charge in [0.25, 0.3) is 0 Å². The molecule has 1 saturated heterocycles. The number of hydrogen-bond donors (Lipinski definition) is 0. The first-order chi connectivity index (χ1) is 12.1. The minimum atomic E-state index is -0.283. The van der Waals surface area contributed by atoms with Crippen LogP contribution in [0.25, 0.3) is 0 Å². The van der Waals surface area contributed by atoms with E-state index in [9.17, 15) is 9.59 Å². The largest absolute Gasteiger partial charge is 0.466 e. The van der Waals surface area contributed by atoms with Crippen molar-refractivity contribution in [1.82, 2.24) is 0 Å². The van der Waals surface area contributed by atoms with Crippen molar-refractivity contribution in [3.05, 3.63) is 24.3 Å². The van der Waals surface area contributed by atoms with Gasteiger partial charge in [0.05, 0.1) is 18.3 Å². The van der Waals surface area contributed by atoms with E-state index in [1.165, 1.54) is 63.6 Å². The van der Waals surface area contributed by atoms with Gasteiger partial charge in [-0.2, -0.15) is 0 Å². The monoisotopic (exact) mass is 386 g/mol. The maximum absolute atomic E-state index is 11.1. The third-order valence-electron chi connectivity index (χ3n) is 4.04. The lowest BCUT2D eigenvalue weighted by Gasteiger charge is -2.36. The standard InChI is InChI=1S/C19H30O4S2/c1-22-17(20)11-6-3-4-8-13-19(24-15-10-16-25-19)14-9-5-7-12-18(21)23-2/h6-7,11-12H,3-5,8-10,13-16H2,1-2H3/b11-6+,12-7+. The molecule has 0 spiro atoms. The summed E-state index contributed by atoms with van der Waals surface area (Å²) in [5, 5.41) is 0. The summed E-state index contributed by atoms with van der Waals surface area (Å²) in [5.41, 5.74) is 0. The minimum Gasteiger partial charge on any atom is -0.466 e. The van der Waals surface area contributed by atoms with Crippen LogP contribution < -0.4 is 0 Å². The summed E-state index contributed by atoms with van der Waals surface area (Å²) in [6.45, 7) is 0. The van der Waals surface area contributed by atoms with Gasteiger partial charge in [-0.15, -0.1) is 23.5 Å². The molecule has 1 aliphatic rings. The van der Waals surface area contributed by atoms with Gasteiger partial charge in [-0.05, 0) is 56.5 Å². The molecule has 0 aliphatic carbocycles. The Morgan fingerprint density at radius 3 is 1.96 bits per heavy atom. The number of rotatable bonds is 11. The number of carbonyl (C=O) groups is 2. The summed E-state index contributed by atoms with van der Waals surface area (Å²) in [7, 11) is 2.80. The Bertz CT molecular complexity index is 454. The summed E-state index contributed by atoms with van der Waals surface area (Å²) in [5.74, 6) is 1.92. The van der Waals surface area contributed by atoms with Crippen LogP contribution in [0.5, 0.6) is 0 Å². The van der Waals surface area contributed by atoms with Gasteiger partial charge in [0.1, 0.15) is 0 Å². The average molecular weight is 387 g/mol. The Hall–Kier alpha value is -0.880. The highest BCUT2D eigenvalue weighted by Crippen LogP contribution is 2.49. The first-order valence-corrected chi connectivity index (χ1v) is 10.9. The van der Waals surface area contributed by atoms with Crippen LogP contribution in [0.1, 0.15) is 51.4 Å². The predicted molar refractivity (Wildman–Crippen MR) is 107 cm³/mol. The van der Waals surface area contributed by atoms with Gasteiger partial charge in [0, 0.05) is 12.2 Å². The Morgan fingerprint density at radius 1 is 0.880 bits per heavy atom. The summed E-state index contributed by atoms with van der Waals surface area (Å²) in [6, 6.07) is 0. The van der Waals surface area contributed by atoms with Crippen molar-refractivity contribution >= 4 is 35.5 Å². The van der Waals surface area contributed by atoms with Crippen molar-refractivity contribution in [2.75, 3.05) is 25.7 Å². The number of hydrogen-bond acceptors (Lipinski definition) is 6. The molecule has 1 heterocycles. The molecule has 1 fully saturated rings. The first-order valence-electron chi connectivity index (χ1n) is 8.89. The second-order valence-electron chi connectivity index (χ2n) is 5.95. The van der Waals surface area contributed by atoms with Gasteiger partial charge in [-0.3, -0.25) is 0 Å². The SMILES string of the molecule is COC(=O)/C=C/CCCCC1(CCC/C=C/C(=O)OC)SCCCS1. The van der Waals surface area contributed by atoms with Crippen molar-refractivity contribution in [2.45, 2.75) is 55.4 Å². The van der Waals surface area contributed by atoms with Gasteiger partial charge < -0.3 is 9.47 Å². The molecule has 0 N–H and O–H groups in total. The van der Waals surface area contributed by atoms with Gasteiger partial charge in [-0.1, -0.05) is 18.6 Å². The normalized spacial score (nSPS) is 17.0. The Kier molecular flexibility index (Phi) is 11.8. The van der Waals surface area contributed by atoms with Crippen LogP contribution in [0, 0.1) is 0 Å². The molecule has 0 saturated carbocycles. The third-order valence-corrected chi connectivity index (χ3v) is 7.60. The molecule has 0 atom stereocenters. The average Bonchev–Trinajstić information content (AvgIpc) is 2.64. The number of allylic oxidation sites excluding steroid dienone is 2. The van der Waals surface area contributed by atoms with Crippen molar-refractivity contribution in [3.63, 3.8) is 0 Å². The highest BCUT2D eigenvalue weighted by atomic mass is 32.2. The fourth-order valence-electron chi connectivity index (χ4n) is 2.67. The van der Waals surface area contributed by atoms with E-state index in [1.54, 1.807) is 0 Å². The van der Waals surface area contributed by atoms with E-state index in [4.69, 9.17) is 0 Å². The van der Waals surface area contributed by atoms with E-state index < -0.39 is 0 Å². The molecule has 142 valence electrons. The highest BCUT2D eigenvalue weighted by Gasteiger charge is 2.32. The van der Waals surface area contributed by atoms with Crippen molar-refractivity contribution in [2.24, 2.45) is 0 Å². The van der Waals surface area contributed by atoms with Gasteiger partial charge in [0.2, 0.25) is 0 Å². The van der Waals surface area contributed by atoms with Gasteiger partial charge in [-0.25, -0.2) is 9.59 Å². The molecule has 1 aliphatic heterocycles. The number of esters is 2. The Labute approximate surface area is 160 Å². The number of ether oxygens (including phenoxy) is 2. The minimum absolute atomic E-state index is 0.281. The van der Waals surface area contributed by atoms with E-state index in [2.05, 4.69) is 33.0 Å². The zero-order valence-corrected chi connectivity index (χ0v) is 17.0. The molecule has 1 rings (SSSR count). The quantitative estimate of drug-likeness (QED) is 0.290. The Morgan fingerprint density at radius 2 is 1.40 bits per heavy atom. The number of carbonyl (C=O) groups excluding carboxylic acids is 2. The van der Waals surface area contributed by atoms with Crippen LogP contribution in [-0.4, -0.2) is 41.7 Å². The van der Waals surface area contributed by atoms with Crippen molar-refractivity contribution in [1.29, 1.82) is 0 Å². The fourth-order valence-corrected chi connectivity index (χ4v) is 6.16. The molecule has 0 radical (unpaired) electrons. The number of methoxy groups -OCH3 is 2. The van der Waals surface area contributed by atoms with Gasteiger partial charge in [0.15, 0.2) is 0 Å². The molecule has 0 bridgehead atoms. The summed E-state index contributed by atoms with van der Waals surface area (Å²) < 4.78 is 9.52. The third kappa shape index (κ3) is 10.00. The second kappa shape index (κ2) is 13.3. The van der Waals surface area contributed by atoms with Crippen LogP contribution in [0.2, 0.25) is 0 Å². The van der Waals surface area contributed by atoms with E-state index in [0.29, 0.717) is 4.08 Å². The summed E-state index contributed by atoms with van der Waals surface area (Å²) >= 11 is 4.21. The van der Waals surface area contributed by atoms with E-state index in [1.807, 2.05) is 12.2 Å². The lowest BCUT2D eigenvalue weighted by Crippen LogP contribution is -2.25. The van der Waals surface area contributed by atoms with Crippen LogP contribution in [-0.2, 0) is 19.1 Å². The molecule has 4 nitrogen and oxygen atoms in total. The van der Waals surface area contributed by atoms with Crippen LogP contribution in [0.3, 0.4) is 0 Å². The maximum Gasteiger partial charge on any atom is 0.330 e. The highest BCUT2D eigenvalue weighted by molar-refractivity contribution is 8.18. The molecule has 0 aromatic carbocycles. The molecular weight excluding hydrogens is 356 g/mol. The smallest absolute Gasteiger partial charge is 0.330 e. The Balaban J connectivity index is 2.32. The zero-order chi connectivity index (χ0) is 18.4. The van der Waals surface area contributed by atoms with Crippen LogP contribution >= 0.6 is 23.5 Å². The molecule has 0 aromatic rings. The zero-order valence-electron chi connectivity index (χ0n) is 15.3. The second-order valence-corrected chi connectivity index (χ2v) is 9.17. The van der Waals surface area contributed by atoms with Crippen molar-refractivity contribution in [3.8, 4) is 0 Å². The van der Waals surface area contributed by atoms with E-state index in [0.717, 1.165) is 25.7 Å².